The van der Waals surface area contributed by atoms with Crippen molar-refractivity contribution in [1.29, 1.82) is 0 Å². The lowest BCUT2D eigenvalue weighted by Crippen LogP contribution is -2.31. The first-order chi connectivity index (χ1) is 15.2. The minimum atomic E-state index is -9.75. The predicted molar refractivity (Wildman–Crippen MR) is 116 cm³/mol. The molecule has 2 N–H and O–H groups in total. The van der Waals surface area contributed by atoms with E-state index in [2.05, 4.69) is 15.1 Å². The summed E-state index contributed by atoms with van der Waals surface area (Å²) >= 11 is 0. The zero-order valence-corrected chi connectivity index (χ0v) is 18.3. The van der Waals surface area contributed by atoms with Crippen molar-refractivity contribution in [1.82, 2.24) is 24.6 Å². The first kappa shape index (κ1) is 22.7. The summed E-state index contributed by atoms with van der Waals surface area (Å²) in [6, 6.07) is 4.08. The van der Waals surface area contributed by atoms with Crippen molar-refractivity contribution >= 4 is 43.8 Å². The standard InChI is InChI=1S/C20H19F5N6OS/c1-3-31(11-12-4-6-13(7-5-12)33(21,22,23,24)25)20(32)16-8-14-17(10-27-16)29-19(26)15-9-28-30(2)18(14)15/h4-10H,3,11H2,1-2H3,(H2,26,29). The number of fused-ring (bicyclic) bond motifs is 3. The highest BCUT2D eigenvalue weighted by atomic mass is 32.5. The number of rotatable bonds is 5. The molecule has 0 atom stereocenters. The first-order valence-electron chi connectivity index (χ1n) is 9.67. The van der Waals surface area contributed by atoms with Gasteiger partial charge in [-0.3, -0.25) is 9.48 Å². The Labute approximate surface area is 184 Å². The number of hydrogen-bond acceptors (Lipinski definition) is 5. The number of aryl methyl sites for hydroxylation is 1. The molecular formula is C20H19F5N6OS. The number of nitrogens with two attached hydrogens (primary N) is 1. The lowest BCUT2D eigenvalue weighted by Gasteiger charge is -2.40. The number of pyridine rings is 2. The Balaban J connectivity index is 1.66. The Bertz CT molecular complexity index is 1400. The number of carbonyl (C=O) groups excluding carboxylic acids is 1. The van der Waals surface area contributed by atoms with Gasteiger partial charge in [0.15, 0.2) is 0 Å². The molecule has 176 valence electrons. The van der Waals surface area contributed by atoms with Crippen molar-refractivity contribution in [2.75, 3.05) is 12.3 Å². The van der Waals surface area contributed by atoms with E-state index in [1.807, 2.05) is 0 Å². The third kappa shape index (κ3) is 4.27. The average Bonchev–Trinajstić information content (AvgIpc) is 3.12. The van der Waals surface area contributed by atoms with Crippen LogP contribution >= 0.6 is 10.2 Å². The topological polar surface area (TPSA) is 89.9 Å². The van der Waals surface area contributed by atoms with E-state index < -0.39 is 21.0 Å². The number of nitrogen functional groups attached to an aromatic ring is 1. The van der Waals surface area contributed by atoms with E-state index in [9.17, 15) is 24.2 Å². The molecule has 33 heavy (non-hydrogen) atoms. The number of nitrogens with zero attached hydrogens (tertiary/aromatic N) is 5. The molecule has 3 aromatic heterocycles. The monoisotopic (exact) mass is 486 g/mol. The average molecular weight is 486 g/mol. The molecule has 0 radical (unpaired) electrons. The SMILES string of the molecule is CCN(Cc1ccc(S(F)(F)(F)(F)F)cc1)C(=O)c1cc2c(cn1)nc(N)c1cnn(C)c12. The fraction of sp³-hybridized carbons (Fsp3) is 0.200. The van der Waals surface area contributed by atoms with Crippen molar-refractivity contribution in [3.8, 4) is 0 Å². The largest absolute Gasteiger partial charge is 0.383 e. The summed E-state index contributed by atoms with van der Waals surface area (Å²) in [5.41, 5.74) is 7.45. The molecule has 0 spiro atoms. The maximum absolute atomic E-state index is 13.1. The van der Waals surface area contributed by atoms with E-state index in [0.29, 0.717) is 33.9 Å². The minimum absolute atomic E-state index is 0.0852. The summed E-state index contributed by atoms with van der Waals surface area (Å²) in [7, 11) is -8.03. The maximum Gasteiger partial charge on any atom is 0.310 e. The van der Waals surface area contributed by atoms with Crippen molar-refractivity contribution in [2.45, 2.75) is 18.4 Å². The second-order valence-corrected chi connectivity index (χ2v) is 9.96. The third-order valence-electron chi connectivity index (χ3n) is 5.22. The molecule has 0 unspecified atom stereocenters. The molecule has 4 rings (SSSR count). The number of aromatic nitrogens is 4. The number of anilines is 1. The third-order valence-corrected chi connectivity index (χ3v) is 6.39. The lowest BCUT2D eigenvalue weighted by atomic mass is 10.1. The van der Waals surface area contributed by atoms with Gasteiger partial charge in [-0.05, 0) is 30.7 Å². The van der Waals surface area contributed by atoms with Gasteiger partial charge in [-0.2, -0.15) is 5.10 Å². The highest BCUT2D eigenvalue weighted by molar-refractivity contribution is 8.45. The highest BCUT2D eigenvalue weighted by Gasteiger charge is 2.65. The Hall–Kier alpha value is -3.48. The Morgan fingerprint density at radius 1 is 1.09 bits per heavy atom. The molecule has 13 heteroatoms. The van der Waals surface area contributed by atoms with Crippen LogP contribution in [0.15, 0.2) is 47.6 Å². The summed E-state index contributed by atoms with van der Waals surface area (Å²) in [6.07, 6.45) is 2.97. The van der Waals surface area contributed by atoms with Crippen LogP contribution in [0.2, 0.25) is 0 Å². The molecular weight excluding hydrogens is 467 g/mol. The van der Waals surface area contributed by atoms with Gasteiger partial charge in [0, 0.05) is 25.5 Å². The van der Waals surface area contributed by atoms with Gasteiger partial charge in [0.25, 0.3) is 5.91 Å². The Morgan fingerprint density at radius 3 is 2.36 bits per heavy atom. The molecule has 0 saturated carbocycles. The van der Waals surface area contributed by atoms with Gasteiger partial charge in [-0.25, -0.2) is 9.97 Å². The van der Waals surface area contributed by atoms with Crippen LogP contribution in [0.25, 0.3) is 21.8 Å². The molecule has 0 fully saturated rings. The van der Waals surface area contributed by atoms with Crippen molar-refractivity contribution in [3.05, 3.63) is 54.0 Å². The molecule has 0 aliphatic rings. The van der Waals surface area contributed by atoms with Gasteiger partial charge in [0.2, 0.25) is 0 Å². The van der Waals surface area contributed by atoms with E-state index in [1.165, 1.54) is 11.1 Å². The fourth-order valence-corrected chi connectivity index (χ4v) is 4.19. The summed E-state index contributed by atoms with van der Waals surface area (Å²) in [5, 5.41) is 5.39. The number of benzene rings is 1. The first-order valence-corrected chi connectivity index (χ1v) is 11.6. The molecule has 0 aliphatic heterocycles. The fourth-order valence-electron chi connectivity index (χ4n) is 3.54. The molecule has 0 bridgehead atoms. The molecule has 4 aromatic rings. The van der Waals surface area contributed by atoms with E-state index in [4.69, 9.17) is 5.73 Å². The smallest absolute Gasteiger partial charge is 0.310 e. The summed E-state index contributed by atoms with van der Waals surface area (Å²) in [4.78, 5) is 20.9. The van der Waals surface area contributed by atoms with Gasteiger partial charge in [-0.1, -0.05) is 31.6 Å². The van der Waals surface area contributed by atoms with Gasteiger partial charge in [0.1, 0.15) is 16.4 Å². The van der Waals surface area contributed by atoms with Crippen LogP contribution in [0.1, 0.15) is 23.0 Å². The van der Waals surface area contributed by atoms with Gasteiger partial charge < -0.3 is 10.6 Å². The Kier molecular flexibility index (Phi) is 4.65. The van der Waals surface area contributed by atoms with Crippen LogP contribution < -0.4 is 5.73 Å². The van der Waals surface area contributed by atoms with Gasteiger partial charge in [0.05, 0.1) is 28.8 Å². The maximum atomic E-state index is 13.1. The van der Waals surface area contributed by atoms with Crippen LogP contribution in [-0.2, 0) is 13.6 Å². The van der Waals surface area contributed by atoms with Crippen molar-refractivity contribution in [3.63, 3.8) is 0 Å². The van der Waals surface area contributed by atoms with E-state index in [0.717, 1.165) is 12.1 Å². The lowest BCUT2D eigenvalue weighted by molar-refractivity contribution is 0.0746. The quantitative estimate of drug-likeness (QED) is 0.381. The summed E-state index contributed by atoms with van der Waals surface area (Å²) in [5.74, 6) is -0.208. The minimum Gasteiger partial charge on any atom is -0.383 e. The predicted octanol–water partition coefficient (Wildman–Crippen LogP) is 5.42. The highest BCUT2D eigenvalue weighted by Crippen LogP contribution is 3.02. The second kappa shape index (κ2) is 6.76. The van der Waals surface area contributed by atoms with Crippen molar-refractivity contribution in [2.24, 2.45) is 7.05 Å². The van der Waals surface area contributed by atoms with Crippen LogP contribution in [0.4, 0.5) is 25.2 Å². The van der Waals surface area contributed by atoms with Crippen LogP contribution in [0, 0.1) is 0 Å². The molecule has 1 amide bonds. The second-order valence-electron chi connectivity index (χ2n) is 7.55. The van der Waals surface area contributed by atoms with Crippen molar-refractivity contribution < 1.29 is 24.2 Å². The van der Waals surface area contributed by atoms with Gasteiger partial charge >= 0.3 is 10.2 Å². The summed E-state index contributed by atoms with van der Waals surface area (Å²) in [6.45, 7) is 1.81. The number of amides is 1. The zero-order chi connectivity index (χ0) is 24.2. The number of hydrogen-bond donors (Lipinski definition) is 1. The van der Waals surface area contributed by atoms with Crippen LogP contribution in [-0.4, -0.2) is 37.1 Å². The normalized spacial score (nSPS) is 14.3. The number of carbonyl (C=O) groups is 1. The van der Waals surface area contributed by atoms with E-state index in [-0.39, 0.29) is 30.2 Å². The van der Waals surface area contributed by atoms with E-state index >= 15 is 0 Å². The molecule has 7 nitrogen and oxygen atoms in total. The molecule has 0 saturated heterocycles. The summed E-state index contributed by atoms with van der Waals surface area (Å²) < 4.78 is 66.3. The van der Waals surface area contributed by atoms with Gasteiger partial charge in [-0.15, -0.1) is 0 Å². The number of halogens is 5. The van der Waals surface area contributed by atoms with Crippen LogP contribution in [0.5, 0.6) is 0 Å². The Morgan fingerprint density at radius 2 is 1.76 bits per heavy atom. The molecule has 0 aliphatic carbocycles. The zero-order valence-electron chi connectivity index (χ0n) is 17.5. The molecule has 1 aromatic carbocycles. The van der Waals surface area contributed by atoms with E-state index in [1.54, 1.807) is 30.9 Å². The molecule has 3 heterocycles. The van der Waals surface area contributed by atoms with Crippen LogP contribution in [0.3, 0.4) is 0 Å².